The number of rotatable bonds is 9. The number of ether oxygens (including phenoxy) is 1. The van der Waals surface area contributed by atoms with Gasteiger partial charge in [-0.1, -0.05) is 49.6 Å². The van der Waals surface area contributed by atoms with E-state index in [1.807, 2.05) is 67.7 Å². The minimum atomic E-state index is -0.884. The number of carbonyl (C=O) groups is 2. The van der Waals surface area contributed by atoms with Crippen molar-refractivity contribution >= 4 is 22.7 Å². The summed E-state index contributed by atoms with van der Waals surface area (Å²) in [5.74, 6) is 1.55. The molecule has 0 bridgehead atoms. The highest BCUT2D eigenvalue weighted by Crippen LogP contribution is 2.29. The molecule has 2 aromatic heterocycles. The molecule has 1 atom stereocenters. The lowest BCUT2D eigenvalue weighted by molar-refractivity contribution is -0.142. The number of aromatic amines is 1. The lowest BCUT2D eigenvalue weighted by atomic mass is 9.95. The van der Waals surface area contributed by atoms with Crippen LogP contribution in [0.25, 0.3) is 10.9 Å². The van der Waals surface area contributed by atoms with Crippen LogP contribution in [0.15, 0.2) is 71.3 Å². The van der Waals surface area contributed by atoms with Crippen LogP contribution in [0.1, 0.15) is 60.8 Å². The van der Waals surface area contributed by atoms with E-state index in [0.29, 0.717) is 11.5 Å². The van der Waals surface area contributed by atoms with Crippen molar-refractivity contribution < 1.29 is 18.7 Å². The molecule has 1 saturated carbocycles. The van der Waals surface area contributed by atoms with Crippen LogP contribution < -0.4 is 10.1 Å². The highest BCUT2D eigenvalue weighted by molar-refractivity contribution is 5.92. The average molecular weight is 514 g/mol. The van der Waals surface area contributed by atoms with Crippen molar-refractivity contribution in [2.75, 3.05) is 7.11 Å². The van der Waals surface area contributed by atoms with Gasteiger partial charge in [-0.2, -0.15) is 0 Å². The number of H-pyrrole nitrogens is 1. The van der Waals surface area contributed by atoms with Crippen molar-refractivity contribution in [3.05, 3.63) is 89.5 Å². The number of carbonyl (C=O) groups excluding carboxylic acids is 2. The predicted octanol–water partition coefficient (Wildman–Crippen LogP) is 5.84. The van der Waals surface area contributed by atoms with Crippen LogP contribution in [-0.2, 0) is 22.6 Å². The molecule has 5 rings (SSSR count). The summed E-state index contributed by atoms with van der Waals surface area (Å²) in [6.45, 7) is 2.11. The fraction of sp³-hybridized carbons (Fsp3) is 0.355. The van der Waals surface area contributed by atoms with E-state index >= 15 is 0 Å². The zero-order valence-electron chi connectivity index (χ0n) is 22.0. The van der Waals surface area contributed by atoms with Gasteiger partial charge in [0.25, 0.3) is 5.91 Å². The monoisotopic (exact) mass is 513 g/mol. The van der Waals surface area contributed by atoms with E-state index in [1.165, 1.54) is 6.42 Å². The van der Waals surface area contributed by atoms with Gasteiger partial charge >= 0.3 is 0 Å². The van der Waals surface area contributed by atoms with Gasteiger partial charge in [0, 0.05) is 29.7 Å². The lowest BCUT2D eigenvalue weighted by Crippen LogP contribution is -2.47. The molecule has 1 aliphatic carbocycles. The smallest absolute Gasteiger partial charge is 0.250 e. The standard InChI is InChI=1S/C31H35N3O4/c1-21-12-17-28(38-21)30(31(36)33-24-8-4-3-5-9-24)34(20-22-13-15-25(37-2)16-14-22)29(35)18-23-19-32-27-11-7-6-10-26(23)27/h6-7,10-17,19,24,30,32H,3-5,8-9,18,20H2,1-2H3,(H,33,36)/t30-/m1/s1. The molecule has 2 N–H and O–H groups in total. The van der Waals surface area contributed by atoms with Crippen molar-refractivity contribution in [2.24, 2.45) is 0 Å². The van der Waals surface area contributed by atoms with Gasteiger partial charge in [0.05, 0.1) is 13.5 Å². The molecule has 0 radical (unpaired) electrons. The van der Waals surface area contributed by atoms with E-state index in [-0.39, 0.29) is 30.8 Å². The lowest BCUT2D eigenvalue weighted by Gasteiger charge is -2.32. The maximum absolute atomic E-state index is 14.1. The van der Waals surface area contributed by atoms with Gasteiger partial charge < -0.3 is 24.4 Å². The van der Waals surface area contributed by atoms with E-state index in [4.69, 9.17) is 9.15 Å². The van der Waals surface area contributed by atoms with Crippen molar-refractivity contribution in [1.82, 2.24) is 15.2 Å². The first-order chi connectivity index (χ1) is 18.5. The molecule has 0 aliphatic heterocycles. The highest BCUT2D eigenvalue weighted by atomic mass is 16.5. The van der Waals surface area contributed by atoms with Gasteiger partial charge in [-0.05, 0) is 61.2 Å². The Hall–Kier alpha value is -4.00. The third kappa shape index (κ3) is 5.77. The molecule has 2 heterocycles. The van der Waals surface area contributed by atoms with E-state index in [0.717, 1.165) is 53.5 Å². The third-order valence-electron chi connectivity index (χ3n) is 7.39. The topological polar surface area (TPSA) is 87.6 Å². The zero-order valence-corrected chi connectivity index (χ0v) is 22.0. The van der Waals surface area contributed by atoms with E-state index in [2.05, 4.69) is 10.3 Å². The molecular weight excluding hydrogens is 478 g/mol. The van der Waals surface area contributed by atoms with Gasteiger partial charge in [-0.15, -0.1) is 0 Å². The molecule has 7 heteroatoms. The Kier molecular flexibility index (Phi) is 7.82. The maximum Gasteiger partial charge on any atom is 0.250 e. The summed E-state index contributed by atoms with van der Waals surface area (Å²) in [6.07, 6.45) is 7.35. The van der Waals surface area contributed by atoms with E-state index in [9.17, 15) is 9.59 Å². The molecule has 0 spiro atoms. The van der Waals surface area contributed by atoms with Gasteiger partial charge in [0.15, 0.2) is 6.04 Å². The summed E-state index contributed by atoms with van der Waals surface area (Å²) in [7, 11) is 1.62. The van der Waals surface area contributed by atoms with Crippen molar-refractivity contribution in [1.29, 1.82) is 0 Å². The van der Waals surface area contributed by atoms with Crippen LogP contribution in [0.4, 0.5) is 0 Å². The summed E-state index contributed by atoms with van der Waals surface area (Å²) in [4.78, 5) is 32.9. The molecule has 198 valence electrons. The number of aryl methyl sites for hydroxylation is 1. The van der Waals surface area contributed by atoms with Crippen molar-refractivity contribution in [3.8, 4) is 5.75 Å². The number of nitrogens with zero attached hydrogens (tertiary/aromatic N) is 1. The Bertz CT molecular complexity index is 1380. The fourth-order valence-electron chi connectivity index (χ4n) is 5.35. The number of fused-ring (bicyclic) bond motifs is 1. The Balaban J connectivity index is 1.49. The molecule has 2 aromatic carbocycles. The number of furan rings is 1. The van der Waals surface area contributed by atoms with Crippen LogP contribution in [0.2, 0.25) is 0 Å². The largest absolute Gasteiger partial charge is 0.497 e. The van der Waals surface area contributed by atoms with Gasteiger partial charge in [-0.3, -0.25) is 9.59 Å². The molecule has 1 fully saturated rings. The number of aromatic nitrogens is 1. The first-order valence-corrected chi connectivity index (χ1v) is 13.4. The van der Waals surface area contributed by atoms with Crippen LogP contribution >= 0.6 is 0 Å². The summed E-state index contributed by atoms with van der Waals surface area (Å²) in [5.41, 5.74) is 2.77. The number of benzene rings is 2. The number of hydrogen-bond donors (Lipinski definition) is 2. The summed E-state index contributed by atoms with van der Waals surface area (Å²) in [5, 5.41) is 4.24. The number of methoxy groups -OCH3 is 1. The highest BCUT2D eigenvalue weighted by Gasteiger charge is 2.35. The molecule has 4 aromatic rings. The third-order valence-corrected chi connectivity index (χ3v) is 7.39. The van der Waals surface area contributed by atoms with Crippen LogP contribution in [0, 0.1) is 6.92 Å². The van der Waals surface area contributed by atoms with Crippen LogP contribution in [0.5, 0.6) is 5.75 Å². The molecule has 7 nitrogen and oxygen atoms in total. The fourth-order valence-corrected chi connectivity index (χ4v) is 5.35. The second kappa shape index (κ2) is 11.6. The number of hydrogen-bond acceptors (Lipinski definition) is 4. The minimum absolute atomic E-state index is 0.112. The number of nitrogens with one attached hydrogen (secondary N) is 2. The number of para-hydroxylation sites is 1. The Morgan fingerprint density at radius 3 is 2.53 bits per heavy atom. The average Bonchev–Trinajstić information content (AvgIpc) is 3.55. The Morgan fingerprint density at radius 2 is 1.82 bits per heavy atom. The minimum Gasteiger partial charge on any atom is -0.497 e. The SMILES string of the molecule is COc1ccc(CN(C(=O)Cc2c[nH]c3ccccc23)[C@@H](C(=O)NC2CCCCC2)c2ccc(C)o2)cc1. The molecule has 38 heavy (non-hydrogen) atoms. The molecule has 0 saturated heterocycles. The van der Waals surface area contributed by atoms with Crippen molar-refractivity contribution in [3.63, 3.8) is 0 Å². The summed E-state index contributed by atoms with van der Waals surface area (Å²) >= 11 is 0. The van der Waals surface area contributed by atoms with Crippen LogP contribution in [-0.4, -0.2) is 34.8 Å². The maximum atomic E-state index is 14.1. The first-order valence-electron chi connectivity index (χ1n) is 13.4. The van der Waals surface area contributed by atoms with Gasteiger partial charge in [-0.25, -0.2) is 0 Å². The number of amides is 2. The second-order valence-corrected chi connectivity index (χ2v) is 10.1. The molecule has 2 amide bonds. The summed E-state index contributed by atoms with van der Waals surface area (Å²) in [6, 6.07) is 18.4. The normalized spacial score (nSPS) is 14.8. The molecule has 0 unspecified atom stereocenters. The van der Waals surface area contributed by atoms with Crippen LogP contribution in [0.3, 0.4) is 0 Å². The summed E-state index contributed by atoms with van der Waals surface area (Å²) < 4.78 is 11.3. The van der Waals surface area contributed by atoms with Crippen molar-refractivity contribution in [2.45, 2.75) is 64.1 Å². The van der Waals surface area contributed by atoms with E-state index in [1.54, 1.807) is 18.1 Å². The zero-order chi connectivity index (χ0) is 26.5. The predicted molar refractivity (Wildman–Crippen MR) is 147 cm³/mol. The van der Waals surface area contributed by atoms with Gasteiger partial charge in [0.2, 0.25) is 5.91 Å². The Morgan fingerprint density at radius 1 is 1.05 bits per heavy atom. The van der Waals surface area contributed by atoms with E-state index < -0.39 is 6.04 Å². The second-order valence-electron chi connectivity index (χ2n) is 10.1. The quantitative estimate of drug-likeness (QED) is 0.294. The molecular formula is C31H35N3O4. The molecule has 1 aliphatic rings. The first kappa shape index (κ1) is 25.6. The van der Waals surface area contributed by atoms with Gasteiger partial charge in [0.1, 0.15) is 17.3 Å². The Labute approximate surface area is 223 Å².